The third-order valence-electron chi connectivity index (χ3n) is 2.81. The molecule has 0 aliphatic heterocycles. The van der Waals surface area contributed by atoms with Gasteiger partial charge in [-0.2, -0.15) is 0 Å². The van der Waals surface area contributed by atoms with Crippen molar-refractivity contribution >= 4 is 5.69 Å². The van der Waals surface area contributed by atoms with E-state index in [0.717, 1.165) is 11.4 Å². The van der Waals surface area contributed by atoms with E-state index >= 15 is 0 Å². The highest BCUT2D eigenvalue weighted by Gasteiger charge is 2.12. The number of hydrogen-bond donors (Lipinski definition) is 1. The maximum atomic E-state index is 10.6. The molecule has 0 aliphatic rings. The first-order valence-corrected chi connectivity index (χ1v) is 5.88. The maximum Gasteiger partial charge on any atom is 0.269 e. The van der Waals surface area contributed by atoms with Crippen molar-refractivity contribution in [3.05, 3.63) is 52.2 Å². The zero-order chi connectivity index (χ0) is 14.1. The number of non-ortho nitro benzene ring substituents is 1. The van der Waals surface area contributed by atoms with Gasteiger partial charge in [0.15, 0.2) is 0 Å². The number of benzene rings is 1. The molecule has 3 rings (SSSR count). The van der Waals surface area contributed by atoms with Crippen LogP contribution in [0.3, 0.4) is 0 Å². The Kier molecular flexibility index (Phi) is 2.79. The predicted octanol–water partition coefficient (Wildman–Crippen LogP) is 2.95. The number of nitrogens with zero attached hydrogens (tertiary/aromatic N) is 3. The summed E-state index contributed by atoms with van der Waals surface area (Å²) < 4.78 is 5.55. The summed E-state index contributed by atoms with van der Waals surface area (Å²) in [4.78, 5) is 13.2. The van der Waals surface area contributed by atoms with Crippen molar-refractivity contribution in [2.75, 3.05) is 0 Å². The quantitative estimate of drug-likeness (QED) is 0.582. The van der Waals surface area contributed by atoms with Gasteiger partial charge in [-0.3, -0.25) is 10.1 Å². The van der Waals surface area contributed by atoms with Crippen molar-refractivity contribution in [1.29, 1.82) is 0 Å². The average molecular weight is 270 g/mol. The maximum absolute atomic E-state index is 10.6. The van der Waals surface area contributed by atoms with Gasteiger partial charge in [0.05, 0.1) is 4.92 Å². The zero-order valence-corrected chi connectivity index (χ0v) is 10.5. The topological polar surface area (TPSA) is 97.8 Å². The molecule has 1 aromatic carbocycles. The fraction of sp³-hybridized carbons (Fsp3) is 0.0769. The summed E-state index contributed by atoms with van der Waals surface area (Å²) in [7, 11) is 0. The van der Waals surface area contributed by atoms with Gasteiger partial charge in [-0.05, 0) is 31.2 Å². The van der Waals surface area contributed by atoms with Gasteiger partial charge in [0, 0.05) is 23.4 Å². The van der Waals surface area contributed by atoms with Crippen LogP contribution >= 0.6 is 0 Å². The van der Waals surface area contributed by atoms with E-state index in [1.54, 1.807) is 12.1 Å². The molecule has 0 radical (unpaired) electrons. The van der Waals surface area contributed by atoms with Gasteiger partial charge in [-0.25, -0.2) is 0 Å². The van der Waals surface area contributed by atoms with E-state index in [1.807, 2.05) is 19.1 Å². The lowest BCUT2D eigenvalue weighted by molar-refractivity contribution is -0.384. The van der Waals surface area contributed by atoms with Crippen LogP contribution in [0.5, 0.6) is 0 Å². The fourth-order valence-corrected chi connectivity index (χ4v) is 1.80. The minimum Gasteiger partial charge on any atom is -0.415 e. The van der Waals surface area contributed by atoms with E-state index in [-0.39, 0.29) is 5.69 Å². The number of nitro benzene ring substituents is 1. The van der Waals surface area contributed by atoms with Gasteiger partial charge in [0.25, 0.3) is 11.6 Å². The number of aromatic nitrogens is 3. The fourth-order valence-electron chi connectivity index (χ4n) is 1.80. The van der Waals surface area contributed by atoms with Crippen molar-refractivity contribution in [3.63, 3.8) is 0 Å². The Labute approximate surface area is 113 Å². The number of hydrogen-bond acceptors (Lipinski definition) is 5. The summed E-state index contributed by atoms with van der Waals surface area (Å²) in [6.07, 6.45) is 0. The third kappa shape index (κ3) is 2.16. The van der Waals surface area contributed by atoms with E-state index in [2.05, 4.69) is 15.2 Å². The van der Waals surface area contributed by atoms with Gasteiger partial charge in [0.2, 0.25) is 5.89 Å². The van der Waals surface area contributed by atoms with Gasteiger partial charge in [0.1, 0.15) is 5.69 Å². The normalized spacial score (nSPS) is 10.7. The summed E-state index contributed by atoms with van der Waals surface area (Å²) in [5, 5.41) is 18.5. The van der Waals surface area contributed by atoms with Crippen molar-refractivity contribution in [2.45, 2.75) is 6.92 Å². The van der Waals surface area contributed by atoms with Crippen LogP contribution in [0.4, 0.5) is 5.69 Å². The number of H-pyrrole nitrogens is 1. The van der Waals surface area contributed by atoms with Gasteiger partial charge < -0.3 is 9.40 Å². The molecule has 0 aliphatic carbocycles. The van der Waals surface area contributed by atoms with Crippen molar-refractivity contribution in [1.82, 2.24) is 15.2 Å². The number of aromatic amines is 1. The minimum atomic E-state index is -0.454. The lowest BCUT2D eigenvalue weighted by Crippen LogP contribution is -1.87. The first-order chi connectivity index (χ1) is 9.63. The lowest BCUT2D eigenvalue weighted by atomic mass is 10.2. The van der Waals surface area contributed by atoms with E-state index in [0.29, 0.717) is 17.3 Å². The second-order valence-electron chi connectivity index (χ2n) is 4.27. The SMILES string of the molecule is Cc1ccc(-c2nnc(-c3ccc([N+](=O)[O-])cc3)o2)[nH]1. The Morgan fingerprint density at radius 3 is 2.40 bits per heavy atom. The molecule has 0 atom stereocenters. The van der Waals surface area contributed by atoms with E-state index in [4.69, 9.17) is 4.42 Å². The number of rotatable bonds is 3. The molecular formula is C13H10N4O3. The summed E-state index contributed by atoms with van der Waals surface area (Å²) >= 11 is 0. The molecule has 100 valence electrons. The highest BCUT2D eigenvalue weighted by molar-refractivity contribution is 5.57. The molecule has 7 heteroatoms. The Morgan fingerprint density at radius 2 is 1.80 bits per heavy atom. The Morgan fingerprint density at radius 1 is 1.10 bits per heavy atom. The second kappa shape index (κ2) is 4.61. The molecule has 3 aromatic rings. The van der Waals surface area contributed by atoms with Gasteiger partial charge >= 0.3 is 0 Å². The highest BCUT2D eigenvalue weighted by atomic mass is 16.6. The van der Waals surface area contributed by atoms with Crippen LogP contribution in [0.1, 0.15) is 5.69 Å². The first-order valence-electron chi connectivity index (χ1n) is 5.88. The van der Waals surface area contributed by atoms with E-state index < -0.39 is 4.92 Å². The summed E-state index contributed by atoms with van der Waals surface area (Å²) in [6.45, 7) is 1.93. The predicted molar refractivity (Wildman–Crippen MR) is 70.9 cm³/mol. The monoisotopic (exact) mass is 270 g/mol. The Bertz CT molecular complexity index is 758. The number of aryl methyl sites for hydroxylation is 1. The molecule has 0 unspecified atom stereocenters. The van der Waals surface area contributed by atoms with E-state index in [1.165, 1.54) is 12.1 Å². The van der Waals surface area contributed by atoms with Crippen LogP contribution in [-0.4, -0.2) is 20.1 Å². The molecule has 0 saturated heterocycles. The lowest BCUT2D eigenvalue weighted by Gasteiger charge is -1.94. The molecule has 0 amide bonds. The Balaban J connectivity index is 1.91. The molecule has 7 nitrogen and oxygen atoms in total. The summed E-state index contributed by atoms with van der Waals surface area (Å²) in [5.74, 6) is 0.702. The van der Waals surface area contributed by atoms with Gasteiger partial charge in [-0.1, -0.05) is 0 Å². The van der Waals surface area contributed by atoms with Crippen molar-refractivity contribution in [3.8, 4) is 23.0 Å². The number of nitrogens with one attached hydrogen (secondary N) is 1. The number of nitro groups is 1. The van der Waals surface area contributed by atoms with E-state index in [9.17, 15) is 10.1 Å². The van der Waals surface area contributed by atoms with Crippen LogP contribution in [0.25, 0.3) is 23.0 Å². The zero-order valence-electron chi connectivity index (χ0n) is 10.5. The summed E-state index contributed by atoms with van der Waals surface area (Å²) in [6, 6.07) is 9.72. The largest absolute Gasteiger partial charge is 0.415 e. The third-order valence-corrected chi connectivity index (χ3v) is 2.81. The van der Waals surface area contributed by atoms with Crippen LogP contribution in [0.2, 0.25) is 0 Å². The molecule has 2 heterocycles. The minimum absolute atomic E-state index is 0.0217. The van der Waals surface area contributed by atoms with Crippen molar-refractivity contribution < 1.29 is 9.34 Å². The molecule has 2 aromatic heterocycles. The van der Waals surface area contributed by atoms with Gasteiger partial charge in [-0.15, -0.1) is 10.2 Å². The first kappa shape index (κ1) is 12.1. The van der Waals surface area contributed by atoms with Crippen LogP contribution in [-0.2, 0) is 0 Å². The Hall–Kier alpha value is -2.96. The molecule has 0 saturated carbocycles. The van der Waals surface area contributed by atoms with Crippen LogP contribution < -0.4 is 0 Å². The standard InChI is InChI=1S/C13H10N4O3/c1-8-2-7-11(14-8)13-16-15-12(20-13)9-3-5-10(6-4-9)17(18)19/h2-7,14H,1H3. The highest BCUT2D eigenvalue weighted by Crippen LogP contribution is 2.24. The molecule has 1 N–H and O–H groups in total. The smallest absolute Gasteiger partial charge is 0.269 e. The molecule has 0 fully saturated rings. The average Bonchev–Trinajstić information content (AvgIpc) is 3.07. The second-order valence-corrected chi connectivity index (χ2v) is 4.27. The molecule has 0 bridgehead atoms. The van der Waals surface area contributed by atoms with Crippen LogP contribution in [0, 0.1) is 17.0 Å². The summed E-state index contributed by atoms with van der Waals surface area (Å²) in [5.41, 5.74) is 2.39. The molecular weight excluding hydrogens is 260 g/mol. The molecule has 20 heavy (non-hydrogen) atoms. The molecule has 0 spiro atoms. The van der Waals surface area contributed by atoms with Crippen LogP contribution in [0.15, 0.2) is 40.8 Å². The van der Waals surface area contributed by atoms with Crippen molar-refractivity contribution in [2.24, 2.45) is 0 Å².